The molecule has 0 saturated heterocycles. The van der Waals surface area contributed by atoms with E-state index in [4.69, 9.17) is 0 Å². The molecular weight excluding hydrogens is 316 g/mol. The van der Waals surface area contributed by atoms with Crippen LogP contribution in [-0.4, -0.2) is 18.7 Å². The molecule has 25 heavy (non-hydrogen) atoms. The molecule has 0 aliphatic rings. The zero-order valence-corrected chi connectivity index (χ0v) is 15.5. The number of aryl methyl sites for hydroxylation is 2. The van der Waals surface area contributed by atoms with E-state index in [1.165, 1.54) is 41.2 Å². The number of hydrogen-bond donors (Lipinski definition) is 0. The summed E-state index contributed by atoms with van der Waals surface area (Å²) in [6.45, 7) is 4.21. The predicted octanol–water partition coefficient (Wildman–Crippen LogP) is 3.13. The summed E-state index contributed by atoms with van der Waals surface area (Å²) in [7, 11) is 3.45. The molecule has 0 atom stereocenters. The third-order valence-electron chi connectivity index (χ3n) is 4.74. The van der Waals surface area contributed by atoms with Gasteiger partial charge in [-0.15, -0.1) is 6.58 Å². The fourth-order valence-corrected chi connectivity index (χ4v) is 3.21. The van der Waals surface area contributed by atoms with Crippen LogP contribution in [0.15, 0.2) is 28.6 Å². The summed E-state index contributed by atoms with van der Waals surface area (Å²) in [6, 6.07) is 0. The Balaban J connectivity index is 1.82. The van der Waals surface area contributed by atoms with Crippen LogP contribution in [0.2, 0.25) is 0 Å². The SMILES string of the molecule is C=CCCCCCCCCCCn1c(=O)c2c(ncn2C)n(C)c1=O. The van der Waals surface area contributed by atoms with E-state index in [0.29, 0.717) is 17.7 Å². The van der Waals surface area contributed by atoms with Gasteiger partial charge in [0.15, 0.2) is 11.2 Å². The quantitative estimate of drug-likeness (QED) is 0.464. The van der Waals surface area contributed by atoms with Gasteiger partial charge in [-0.3, -0.25) is 13.9 Å². The zero-order valence-electron chi connectivity index (χ0n) is 15.5. The maximum absolute atomic E-state index is 12.6. The summed E-state index contributed by atoms with van der Waals surface area (Å²) < 4.78 is 4.49. The molecule has 0 unspecified atom stereocenters. The van der Waals surface area contributed by atoms with Gasteiger partial charge in [0.25, 0.3) is 5.56 Å². The number of fused-ring (bicyclic) bond motifs is 1. The number of imidazole rings is 1. The molecule has 2 rings (SSSR count). The number of allylic oxidation sites excluding steroid dienone is 1. The molecular formula is C19H30N4O2. The van der Waals surface area contributed by atoms with E-state index in [1.807, 2.05) is 6.08 Å². The predicted molar refractivity (Wildman–Crippen MR) is 102 cm³/mol. The Kier molecular flexibility index (Phi) is 7.22. The Morgan fingerprint density at radius 3 is 2.24 bits per heavy atom. The highest BCUT2D eigenvalue weighted by molar-refractivity contribution is 5.69. The van der Waals surface area contributed by atoms with Gasteiger partial charge in [0.1, 0.15) is 0 Å². The highest BCUT2D eigenvalue weighted by atomic mass is 16.2. The minimum absolute atomic E-state index is 0.236. The van der Waals surface area contributed by atoms with E-state index in [2.05, 4.69) is 11.6 Å². The Hall–Kier alpha value is -2.11. The first-order valence-electron chi connectivity index (χ1n) is 9.29. The first-order chi connectivity index (χ1) is 12.1. The van der Waals surface area contributed by atoms with Crippen molar-refractivity contribution in [3.8, 4) is 0 Å². The molecule has 2 aromatic rings. The standard InChI is InChI=1S/C19H30N4O2/c1-4-5-6-7-8-9-10-11-12-13-14-23-18(24)16-17(20-15-21(16)2)22(3)19(23)25/h4,15H,1,5-14H2,2-3H3. The minimum atomic E-state index is -0.279. The molecule has 6 heteroatoms. The summed E-state index contributed by atoms with van der Waals surface area (Å²) >= 11 is 0. The summed E-state index contributed by atoms with van der Waals surface area (Å²) in [5, 5.41) is 0. The average Bonchev–Trinajstić information content (AvgIpc) is 2.99. The second-order valence-corrected chi connectivity index (χ2v) is 6.73. The molecule has 138 valence electrons. The third kappa shape index (κ3) is 4.71. The molecule has 0 aliphatic carbocycles. The lowest BCUT2D eigenvalue weighted by Crippen LogP contribution is -2.39. The molecule has 0 saturated carbocycles. The van der Waals surface area contributed by atoms with Gasteiger partial charge in [0, 0.05) is 20.6 Å². The lowest BCUT2D eigenvalue weighted by molar-refractivity contribution is 0.518. The Morgan fingerprint density at radius 1 is 1.00 bits per heavy atom. The van der Waals surface area contributed by atoms with Crippen LogP contribution in [0.25, 0.3) is 11.2 Å². The summed E-state index contributed by atoms with van der Waals surface area (Å²) in [4.78, 5) is 29.1. The van der Waals surface area contributed by atoms with Crippen LogP contribution in [0, 0.1) is 0 Å². The van der Waals surface area contributed by atoms with E-state index in [9.17, 15) is 9.59 Å². The average molecular weight is 346 g/mol. The molecule has 0 radical (unpaired) electrons. The summed E-state index contributed by atoms with van der Waals surface area (Å²) in [5.41, 5.74) is 0.422. The van der Waals surface area contributed by atoms with Gasteiger partial charge in [0.05, 0.1) is 6.33 Å². The molecule has 0 bridgehead atoms. The van der Waals surface area contributed by atoms with Gasteiger partial charge in [-0.2, -0.15) is 0 Å². The first-order valence-corrected chi connectivity index (χ1v) is 9.29. The van der Waals surface area contributed by atoms with Crippen molar-refractivity contribution in [2.45, 2.75) is 64.3 Å². The zero-order chi connectivity index (χ0) is 18.2. The molecule has 2 heterocycles. The van der Waals surface area contributed by atoms with Gasteiger partial charge in [0.2, 0.25) is 0 Å². The molecule has 0 amide bonds. The smallest absolute Gasteiger partial charge is 0.328 e. The second-order valence-electron chi connectivity index (χ2n) is 6.73. The topological polar surface area (TPSA) is 61.8 Å². The van der Waals surface area contributed by atoms with Crippen molar-refractivity contribution >= 4 is 11.2 Å². The van der Waals surface area contributed by atoms with E-state index in [0.717, 1.165) is 25.7 Å². The maximum atomic E-state index is 12.6. The van der Waals surface area contributed by atoms with Crippen molar-refractivity contribution < 1.29 is 0 Å². The molecule has 0 spiro atoms. The van der Waals surface area contributed by atoms with Gasteiger partial charge < -0.3 is 4.57 Å². The van der Waals surface area contributed by atoms with Crippen LogP contribution < -0.4 is 11.2 Å². The number of nitrogens with zero attached hydrogens (tertiary/aromatic N) is 4. The van der Waals surface area contributed by atoms with Crippen molar-refractivity contribution in [3.63, 3.8) is 0 Å². The highest BCUT2D eigenvalue weighted by Crippen LogP contribution is 2.10. The normalized spacial score (nSPS) is 11.3. The molecule has 6 nitrogen and oxygen atoms in total. The van der Waals surface area contributed by atoms with E-state index < -0.39 is 0 Å². The lowest BCUT2D eigenvalue weighted by Gasteiger charge is -2.08. The van der Waals surface area contributed by atoms with E-state index >= 15 is 0 Å². The largest absolute Gasteiger partial charge is 0.332 e. The second kappa shape index (κ2) is 9.39. The number of rotatable bonds is 11. The van der Waals surface area contributed by atoms with Crippen LogP contribution in [-0.2, 0) is 20.6 Å². The van der Waals surface area contributed by atoms with Crippen LogP contribution in [0.5, 0.6) is 0 Å². The summed E-state index contributed by atoms with van der Waals surface area (Å²) in [5.74, 6) is 0. The molecule has 0 aliphatic heterocycles. The van der Waals surface area contributed by atoms with Gasteiger partial charge in [-0.05, 0) is 19.3 Å². The van der Waals surface area contributed by atoms with Crippen LogP contribution in [0.4, 0.5) is 0 Å². The van der Waals surface area contributed by atoms with Gasteiger partial charge in [-0.25, -0.2) is 9.78 Å². The monoisotopic (exact) mass is 346 g/mol. The Labute approximate surface area is 148 Å². The van der Waals surface area contributed by atoms with Crippen molar-refractivity contribution in [1.82, 2.24) is 18.7 Å². The van der Waals surface area contributed by atoms with E-state index in [-0.39, 0.29) is 11.2 Å². The number of hydrogen-bond acceptors (Lipinski definition) is 3. The van der Waals surface area contributed by atoms with Gasteiger partial charge >= 0.3 is 5.69 Å². The third-order valence-corrected chi connectivity index (χ3v) is 4.74. The molecule has 0 aromatic carbocycles. The summed E-state index contributed by atoms with van der Waals surface area (Å²) in [6.07, 6.45) is 14.0. The van der Waals surface area contributed by atoms with Crippen LogP contribution >= 0.6 is 0 Å². The first kappa shape index (κ1) is 19.2. The van der Waals surface area contributed by atoms with E-state index in [1.54, 1.807) is 25.0 Å². The number of aromatic nitrogens is 4. The Morgan fingerprint density at radius 2 is 1.60 bits per heavy atom. The molecule has 0 N–H and O–H groups in total. The molecule has 0 fully saturated rings. The molecule has 2 aromatic heterocycles. The fraction of sp³-hybridized carbons (Fsp3) is 0.632. The minimum Gasteiger partial charge on any atom is -0.328 e. The van der Waals surface area contributed by atoms with Crippen molar-refractivity contribution in [2.24, 2.45) is 14.1 Å². The fourth-order valence-electron chi connectivity index (χ4n) is 3.21. The van der Waals surface area contributed by atoms with Crippen molar-refractivity contribution in [3.05, 3.63) is 39.8 Å². The van der Waals surface area contributed by atoms with Crippen LogP contribution in [0.1, 0.15) is 57.8 Å². The maximum Gasteiger partial charge on any atom is 0.332 e. The van der Waals surface area contributed by atoms with Crippen molar-refractivity contribution in [1.29, 1.82) is 0 Å². The highest BCUT2D eigenvalue weighted by Gasteiger charge is 2.14. The van der Waals surface area contributed by atoms with Crippen molar-refractivity contribution in [2.75, 3.05) is 0 Å². The Bertz CT molecular complexity index is 813. The lowest BCUT2D eigenvalue weighted by atomic mass is 10.1. The number of unbranched alkanes of at least 4 members (excludes halogenated alkanes) is 8. The van der Waals surface area contributed by atoms with Gasteiger partial charge in [-0.1, -0.05) is 44.6 Å². The van der Waals surface area contributed by atoms with Crippen LogP contribution in [0.3, 0.4) is 0 Å².